The van der Waals surface area contributed by atoms with E-state index in [1.54, 1.807) is 4.90 Å². The summed E-state index contributed by atoms with van der Waals surface area (Å²) in [6.45, 7) is 5.29. The average molecular weight is 254 g/mol. The summed E-state index contributed by atoms with van der Waals surface area (Å²) in [4.78, 5) is 25.7. The first-order valence-electron chi connectivity index (χ1n) is 6.81. The number of hydrogen-bond donors (Lipinski definition) is 2. The van der Waals surface area contributed by atoms with Crippen LogP contribution < -0.4 is 5.32 Å². The Morgan fingerprint density at radius 2 is 2.22 bits per heavy atom. The molecular weight excluding hydrogens is 232 g/mol. The Morgan fingerprint density at radius 1 is 1.50 bits per heavy atom. The van der Waals surface area contributed by atoms with Crippen LogP contribution in [-0.2, 0) is 9.59 Å². The van der Waals surface area contributed by atoms with E-state index in [1.807, 2.05) is 13.8 Å². The van der Waals surface area contributed by atoms with Crippen LogP contribution in [0.3, 0.4) is 0 Å². The molecule has 2 N–H and O–H groups in total. The first-order chi connectivity index (χ1) is 8.53. The quantitative estimate of drug-likeness (QED) is 0.783. The minimum Gasteiger partial charge on any atom is -0.479 e. The maximum absolute atomic E-state index is 12.6. The van der Waals surface area contributed by atoms with Crippen molar-refractivity contribution in [2.75, 3.05) is 13.1 Å². The van der Waals surface area contributed by atoms with E-state index in [0.717, 1.165) is 19.4 Å². The first-order valence-corrected chi connectivity index (χ1v) is 6.81. The smallest absolute Gasteiger partial charge is 0.329 e. The number of carboxylic acid groups (broad SMARTS) is 1. The molecule has 1 amide bonds. The second-order valence-corrected chi connectivity index (χ2v) is 5.42. The van der Waals surface area contributed by atoms with Crippen molar-refractivity contribution in [3.8, 4) is 0 Å². The summed E-state index contributed by atoms with van der Waals surface area (Å²) < 4.78 is 0. The molecule has 0 aliphatic carbocycles. The number of amides is 1. The molecule has 2 aliphatic rings. The van der Waals surface area contributed by atoms with Gasteiger partial charge in [0.05, 0.1) is 5.92 Å². The van der Waals surface area contributed by atoms with Crippen LogP contribution in [0.4, 0.5) is 0 Å². The van der Waals surface area contributed by atoms with Crippen LogP contribution in [0.2, 0.25) is 0 Å². The molecule has 2 fully saturated rings. The highest BCUT2D eigenvalue weighted by Gasteiger charge is 2.50. The third kappa shape index (κ3) is 1.90. The van der Waals surface area contributed by atoms with Crippen molar-refractivity contribution >= 4 is 11.9 Å². The lowest BCUT2D eigenvalue weighted by atomic mass is 9.90. The van der Waals surface area contributed by atoms with Gasteiger partial charge >= 0.3 is 5.97 Å². The molecule has 2 saturated heterocycles. The maximum Gasteiger partial charge on any atom is 0.329 e. The van der Waals surface area contributed by atoms with Gasteiger partial charge in [-0.1, -0.05) is 6.92 Å². The molecule has 0 aromatic rings. The van der Waals surface area contributed by atoms with Crippen molar-refractivity contribution < 1.29 is 14.7 Å². The Morgan fingerprint density at radius 3 is 2.72 bits per heavy atom. The summed E-state index contributed by atoms with van der Waals surface area (Å²) in [5.74, 6) is -0.892. The minimum atomic E-state index is -0.959. The zero-order valence-electron chi connectivity index (χ0n) is 11.1. The summed E-state index contributed by atoms with van der Waals surface area (Å²) in [6, 6.07) is 0.154. The fourth-order valence-electron chi connectivity index (χ4n) is 3.34. The van der Waals surface area contributed by atoms with Gasteiger partial charge in [-0.25, -0.2) is 4.79 Å². The van der Waals surface area contributed by atoms with Crippen LogP contribution >= 0.6 is 0 Å². The van der Waals surface area contributed by atoms with Gasteiger partial charge in [0.15, 0.2) is 0 Å². The number of nitrogens with one attached hydrogen (secondary N) is 1. The lowest BCUT2D eigenvalue weighted by Gasteiger charge is -2.36. The zero-order chi connectivity index (χ0) is 13.3. The molecule has 2 rings (SSSR count). The van der Waals surface area contributed by atoms with Gasteiger partial charge in [0.25, 0.3) is 0 Å². The number of carboxylic acids is 1. The molecule has 0 saturated carbocycles. The van der Waals surface area contributed by atoms with E-state index in [0.29, 0.717) is 19.4 Å². The molecule has 0 aromatic carbocycles. The third-order valence-electron chi connectivity index (χ3n) is 4.58. The van der Waals surface area contributed by atoms with E-state index in [2.05, 4.69) is 5.32 Å². The van der Waals surface area contributed by atoms with E-state index in [-0.39, 0.29) is 17.9 Å². The average Bonchev–Trinajstić information content (AvgIpc) is 2.94. The highest BCUT2D eigenvalue weighted by Crippen LogP contribution is 2.35. The SMILES string of the molecule is CCC1(C(=O)O)CCCN1C(=O)C1CCNC1C. The fourth-order valence-corrected chi connectivity index (χ4v) is 3.34. The normalized spacial score (nSPS) is 36.0. The van der Waals surface area contributed by atoms with Crippen molar-refractivity contribution in [1.29, 1.82) is 0 Å². The van der Waals surface area contributed by atoms with Crippen LogP contribution in [0.5, 0.6) is 0 Å². The van der Waals surface area contributed by atoms with Crippen molar-refractivity contribution in [2.24, 2.45) is 5.92 Å². The Kier molecular flexibility index (Phi) is 3.61. The van der Waals surface area contributed by atoms with Gasteiger partial charge in [-0.05, 0) is 39.2 Å². The standard InChI is InChI=1S/C13H22N2O3/c1-3-13(12(17)18)6-4-8-15(13)11(16)10-5-7-14-9(10)2/h9-10,14H,3-8H2,1-2H3,(H,17,18). The second kappa shape index (κ2) is 4.88. The number of likely N-dealkylation sites (tertiary alicyclic amines) is 1. The van der Waals surface area contributed by atoms with E-state index in [4.69, 9.17) is 0 Å². The highest BCUT2D eigenvalue weighted by atomic mass is 16.4. The molecule has 102 valence electrons. The summed E-state index contributed by atoms with van der Waals surface area (Å²) >= 11 is 0. The monoisotopic (exact) mass is 254 g/mol. The third-order valence-corrected chi connectivity index (χ3v) is 4.58. The lowest BCUT2D eigenvalue weighted by molar-refractivity contribution is -0.158. The van der Waals surface area contributed by atoms with Crippen LogP contribution in [0.1, 0.15) is 39.5 Å². The molecule has 2 aliphatic heterocycles. The molecule has 18 heavy (non-hydrogen) atoms. The van der Waals surface area contributed by atoms with Crippen molar-refractivity contribution in [3.63, 3.8) is 0 Å². The molecule has 0 aromatic heterocycles. The maximum atomic E-state index is 12.6. The van der Waals surface area contributed by atoms with Gasteiger partial charge in [-0.2, -0.15) is 0 Å². The molecule has 5 nitrogen and oxygen atoms in total. The van der Waals surface area contributed by atoms with Crippen molar-refractivity contribution in [3.05, 3.63) is 0 Å². The van der Waals surface area contributed by atoms with Gasteiger partial charge in [0, 0.05) is 12.6 Å². The van der Waals surface area contributed by atoms with E-state index >= 15 is 0 Å². The number of carbonyl (C=O) groups excluding carboxylic acids is 1. The number of rotatable bonds is 3. The summed E-state index contributed by atoms with van der Waals surface area (Å²) in [6.07, 6.45) is 2.68. The Hall–Kier alpha value is -1.10. The molecule has 3 unspecified atom stereocenters. The van der Waals surface area contributed by atoms with Crippen LogP contribution in [0.25, 0.3) is 0 Å². The van der Waals surface area contributed by atoms with Crippen LogP contribution in [0.15, 0.2) is 0 Å². The molecule has 0 spiro atoms. The molecule has 0 bridgehead atoms. The van der Waals surface area contributed by atoms with Gasteiger partial charge in [-0.15, -0.1) is 0 Å². The first kappa shape index (κ1) is 13.3. The summed E-state index contributed by atoms with van der Waals surface area (Å²) in [7, 11) is 0. The van der Waals surface area contributed by atoms with Crippen molar-refractivity contribution in [2.45, 2.75) is 51.1 Å². The largest absolute Gasteiger partial charge is 0.479 e. The van der Waals surface area contributed by atoms with Gasteiger partial charge in [-0.3, -0.25) is 4.79 Å². The van der Waals surface area contributed by atoms with Gasteiger partial charge in [0.2, 0.25) is 5.91 Å². The van der Waals surface area contributed by atoms with Crippen LogP contribution in [-0.4, -0.2) is 46.6 Å². The Labute approximate surface area is 108 Å². The van der Waals surface area contributed by atoms with E-state index in [1.165, 1.54) is 0 Å². The van der Waals surface area contributed by atoms with Gasteiger partial charge < -0.3 is 15.3 Å². The number of aliphatic carboxylic acids is 1. The van der Waals surface area contributed by atoms with E-state index in [9.17, 15) is 14.7 Å². The van der Waals surface area contributed by atoms with Crippen molar-refractivity contribution in [1.82, 2.24) is 10.2 Å². The predicted molar refractivity (Wildman–Crippen MR) is 67.2 cm³/mol. The topological polar surface area (TPSA) is 69.6 Å². The van der Waals surface area contributed by atoms with Crippen LogP contribution in [0, 0.1) is 5.92 Å². The summed E-state index contributed by atoms with van der Waals surface area (Å²) in [5, 5.41) is 12.7. The fraction of sp³-hybridized carbons (Fsp3) is 0.846. The predicted octanol–water partition coefficient (Wildman–Crippen LogP) is 0.840. The lowest BCUT2D eigenvalue weighted by Crippen LogP contribution is -2.55. The molecular formula is C13H22N2O3. The molecule has 0 radical (unpaired) electrons. The zero-order valence-corrected chi connectivity index (χ0v) is 11.1. The number of hydrogen-bond acceptors (Lipinski definition) is 3. The number of carbonyl (C=O) groups is 2. The highest BCUT2D eigenvalue weighted by molar-refractivity contribution is 5.89. The Bertz CT molecular complexity index is 358. The minimum absolute atomic E-state index is 0.0225. The van der Waals surface area contributed by atoms with Gasteiger partial charge in [0.1, 0.15) is 5.54 Å². The number of nitrogens with zero attached hydrogens (tertiary/aromatic N) is 1. The molecule has 5 heteroatoms. The second-order valence-electron chi connectivity index (χ2n) is 5.42. The van der Waals surface area contributed by atoms with E-state index < -0.39 is 11.5 Å². The molecule has 2 heterocycles. The molecule has 3 atom stereocenters. The summed E-state index contributed by atoms with van der Waals surface area (Å²) in [5.41, 5.74) is -0.959. The Balaban J connectivity index is 2.21.